The monoisotopic (exact) mass is 138 g/mol. The molecule has 0 aliphatic heterocycles. The summed E-state index contributed by atoms with van der Waals surface area (Å²) < 4.78 is 0. The lowest BCUT2D eigenvalue weighted by Crippen LogP contribution is -2.20. The van der Waals surface area contributed by atoms with Crippen molar-refractivity contribution in [1.29, 1.82) is 0 Å². The average Bonchev–Trinajstić information content (AvgIpc) is 2.44. The van der Waals surface area contributed by atoms with Crippen molar-refractivity contribution in [3.63, 3.8) is 0 Å². The molecule has 2 bridgehead atoms. The van der Waals surface area contributed by atoms with Crippen LogP contribution in [-0.4, -0.2) is 11.2 Å². The normalized spacial score (nSPS) is 46.4. The van der Waals surface area contributed by atoms with Crippen molar-refractivity contribution in [2.45, 2.75) is 25.9 Å². The molecule has 0 aromatic heterocycles. The molecule has 1 fully saturated rings. The summed E-state index contributed by atoms with van der Waals surface area (Å²) in [4.78, 5) is 0. The highest BCUT2D eigenvalue weighted by Gasteiger charge is 2.37. The molecule has 0 heterocycles. The number of aliphatic hydroxyl groups excluding tert-OH is 1. The summed E-state index contributed by atoms with van der Waals surface area (Å²) in [5, 5.41) is 9.34. The fourth-order valence-corrected chi connectivity index (χ4v) is 2.38. The van der Waals surface area contributed by atoms with E-state index in [0.29, 0.717) is 11.8 Å². The third-order valence-corrected chi connectivity index (χ3v) is 2.95. The maximum absolute atomic E-state index is 9.34. The maximum Gasteiger partial charge on any atom is 0.0546 e. The molecule has 0 aromatic carbocycles. The van der Waals surface area contributed by atoms with Crippen LogP contribution in [0, 0.1) is 17.8 Å². The topological polar surface area (TPSA) is 20.2 Å². The maximum atomic E-state index is 9.34. The molecule has 0 aromatic rings. The van der Waals surface area contributed by atoms with Gasteiger partial charge in [0.25, 0.3) is 0 Å². The van der Waals surface area contributed by atoms with E-state index in [9.17, 15) is 5.11 Å². The van der Waals surface area contributed by atoms with Crippen LogP contribution in [0.4, 0.5) is 0 Å². The van der Waals surface area contributed by atoms with E-state index in [0.717, 1.165) is 5.92 Å². The van der Waals surface area contributed by atoms with Gasteiger partial charge in [0.15, 0.2) is 0 Å². The Morgan fingerprint density at radius 1 is 1.40 bits per heavy atom. The number of hydrogen-bond donors (Lipinski definition) is 1. The zero-order valence-electron chi connectivity index (χ0n) is 6.33. The van der Waals surface area contributed by atoms with E-state index in [1.807, 2.05) is 6.92 Å². The van der Waals surface area contributed by atoms with Gasteiger partial charge in [-0.2, -0.15) is 0 Å². The van der Waals surface area contributed by atoms with E-state index in [2.05, 4.69) is 12.2 Å². The highest BCUT2D eigenvalue weighted by Crippen LogP contribution is 2.44. The van der Waals surface area contributed by atoms with Gasteiger partial charge in [-0.3, -0.25) is 0 Å². The van der Waals surface area contributed by atoms with Crippen molar-refractivity contribution in [2.24, 2.45) is 17.8 Å². The second kappa shape index (κ2) is 2.09. The first-order valence-corrected chi connectivity index (χ1v) is 4.14. The lowest BCUT2D eigenvalue weighted by Gasteiger charge is -2.20. The number of allylic oxidation sites excluding steroid dienone is 2. The Hall–Kier alpha value is -0.300. The van der Waals surface area contributed by atoms with Crippen LogP contribution in [0.1, 0.15) is 19.8 Å². The van der Waals surface area contributed by atoms with Crippen LogP contribution in [0.25, 0.3) is 0 Å². The predicted octanol–water partition coefficient (Wildman–Crippen LogP) is 1.58. The summed E-state index contributed by atoms with van der Waals surface area (Å²) >= 11 is 0. The highest BCUT2D eigenvalue weighted by atomic mass is 16.3. The number of fused-ring (bicyclic) bond motifs is 2. The van der Waals surface area contributed by atoms with Crippen LogP contribution in [0.3, 0.4) is 0 Å². The van der Waals surface area contributed by atoms with E-state index in [1.54, 1.807) is 0 Å². The van der Waals surface area contributed by atoms with Gasteiger partial charge >= 0.3 is 0 Å². The summed E-state index contributed by atoms with van der Waals surface area (Å²) in [5.41, 5.74) is 0. The van der Waals surface area contributed by atoms with Gasteiger partial charge in [-0.15, -0.1) is 0 Å². The van der Waals surface area contributed by atoms with Crippen LogP contribution < -0.4 is 0 Å². The largest absolute Gasteiger partial charge is 0.393 e. The van der Waals surface area contributed by atoms with Crippen molar-refractivity contribution in [3.05, 3.63) is 12.2 Å². The number of aliphatic hydroxyl groups is 1. The van der Waals surface area contributed by atoms with Gasteiger partial charge in [0.2, 0.25) is 0 Å². The molecule has 2 rings (SSSR count). The van der Waals surface area contributed by atoms with Gasteiger partial charge in [-0.25, -0.2) is 0 Å². The average molecular weight is 138 g/mol. The lowest BCUT2D eigenvalue weighted by atomic mass is 9.89. The first-order chi connectivity index (χ1) is 4.77. The molecule has 0 amide bonds. The number of rotatable bonds is 1. The molecule has 0 radical (unpaired) electrons. The van der Waals surface area contributed by atoms with E-state index in [1.165, 1.54) is 12.8 Å². The Bertz CT molecular complexity index is 160. The van der Waals surface area contributed by atoms with E-state index in [-0.39, 0.29) is 6.10 Å². The quantitative estimate of drug-likeness (QED) is 0.545. The second-order valence-corrected chi connectivity index (χ2v) is 3.68. The fourth-order valence-electron chi connectivity index (χ4n) is 2.38. The Morgan fingerprint density at radius 3 is 2.50 bits per heavy atom. The van der Waals surface area contributed by atoms with Gasteiger partial charge < -0.3 is 5.11 Å². The molecular weight excluding hydrogens is 124 g/mol. The molecule has 1 N–H and O–H groups in total. The molecule has 0 spiro atoms. The molecule has 1 nitrogen and oxygen atoms in total. The standard InChI is InChI=1S/C9H14O/c1-6(10)9-5-7-2-3-8(9)4-7/h2-3,6-10H,4-5H2,1H3/t6-,7+,8-,9-/m1/s1. The molecule has 1 heteroatoms. The molecule has 1 saturated carbocycles. The summed E-state index contributed by atoms with van der Waals surface area (Å²) in [6.07, 6.45) is 7.02. The third kappa shape index (κ3) is 0.807. The van der Waals surface area contributed by atoms with Gasteiger partial charge in [0, 0.05) is 0 Å². The summed E-state index contributed by atoms with van der Waals surface area (Å²) in [5.74, 6) is 2.06. The number of hydrogen-bond acceptors (Lipinski definition) is 1. The molecule has 10 heavy (non-hydrogen) atoms. The zero-order chi connectivity index (χ0) is 7.14. The molecule has 4 atom stereocenters. The minimum absolute atomic E-state index is 0.0973. The van der Waals surface area contributed by atoms with Gasteiger partial charge in [0.05, 0.1) is 6.10 Å². The van der Waals surface area contributed by atoms with Crippen LogP contribution in [-0.2, 0) is 0 Å². The summed E-state index contributed by atoms with van der Waals surface area (Å²) in [7, 11) is 0. The Balaban J connectivity index is 2.09. The Morgan fingerprint density at radius 2 is 2.20 bits per heavy atom. The summed E-state index contributed by atoms with van der Waals surface area (Å²) in [6, 6.07) is 0. The van der Waals surface area contributed by atoms with Crippen LogP contribution in [0.2, 0.25) is 0 Å². The van der Waals surface area contributed by atoms with Crippen LogP contribution in [0.5, 0.6) is 0 Å². The predicted molar refractivity (Wildman–Crippen MR) is 40.5 cm³/mol. The third-order valence-electron chi connectivity index (χ3n) is 2.95. The summed E-state index contributed by atoms with van der Waals surface area (Å²) in [6.45, 7) is 1.92. The molecular formula is C9H14O. The minimum atomic E-state index is -0.0973. The van der Waals surface area contributed by atoms with E-state index < -0.39 is 0 Å². The van der Waals surface area contributed by atoms with Gasteiger partial charge in [-0.1, -0.05) is 12.2 Å². The second-order valence-electron chi connectivity index (χ2n) is 3.68. The lowest BCUT2D eigenvalue weighted by molar-refractivity contribution is 0.111. The van der Waals surface area contributed by atoms with Crippen LogP contribution >= 0.6 is 0 Å². The van der Waals surface area contributed by atoms with Crippen molar-refractivity contribution in [2.75, 3.05) is 0 Å². The molecule has 0 unspecified atom stereocenters. The fraction of sp³-hybridized carbons (Fsp3) is 0.778. The van der Waals surface area contributed by atoms with Crippen molar-refractivity contribution in [1.82, 2.24) is 0 Å². The SMILES string of the molecule is C[C@@H](O)[C@H]1C[C@H]2C=C[C@@H]1C2. The van der Waals surface area contributed by atoms with Crippen LogP contribution in [0.15, 0.2) is 12.2 Å². The smallest absolute Gasteiger partial charge is 0.0546 e. The van der Waals surface area contributed by atoms with Crippen molar-refractivity contribution >= 4 is 0 Å². The molecule has 56 valence electrons. The van der Waals surface area contributed by atoms with E-state index >= 15 is 0 Å². The van der Waals surface area contributed by atoms with Gasteiger partial charge in [-0.05, 0) is 37.5 Å². The van der Waals surface area contributed by atoms with E-state index in [4.69, 9.17) is 0 Å². The first-order valence-electron chi connectivity index (χ1n) is 4.14. The Kier molecular flexibility index (Phi) is 1.34. The molecule has 0 saturated heterocycles. The minimum Gasteiger partial charge on any atom is -0.393 e. The molecule has 2 aliphatic rings. The van der Waals surface area contributed by atoms with Crippen molar-refractivity contribution < 1.29 is 5.11 Å². The van der Waals surface area contributed by atoms with Gasteiger partial charge in [0.1, 0.15) is 0 Å². The van der Waals surface area contributed by atoms with Crippen molar-refractivity contribution in [3.8, 4) is 0 Å². The Labute approximate surface area is 61.8 Å². The highest BCUT2D eigenvalue weighted by molar-refractivity contribution is 5.10. The first kappa shape index (κ1) is 6.41. The molecule has 2 aliphatic carbocycles. The zero-order valence-corrected chi connectivity index (χ0v) is 6.33.